The number of unbranched alkanes of at least 4 members (excludes halogenated alkanes) is 41. The number of carbonyl (C=O) groups is 1. The number of amides is 1. The van der Waals surface area contributed by atoms with Crippen molar-refractivity contribution in [1.82, 2.24) is 5.32 Å². The summed E-state index contributed by atoms with van der Waals surface area (Å²) in [6.45, 7) is 4.77. The lowest BCUT2D eigenvalue weighted by Crippen LogP contribution is -2.46. The molecule has 8 nitrogen and oxygen atoms in total. The maximum Gasteiger partial charge on any atom is 0.268 e. The number of phosphoric ester groups is 1. The molecule has 65 heavy (non-hydrogen) atoms. The molecule has 0 heterocycles. The molecule has 0 aromatic heterocycles. The van der Waals surface area contributed by atoms with Crippen LogP contribution in [-0.2, 0) is 18.4 Å². The van der Waals surface area contributed by atoms with Crippen LogP contribution in [-0.4, -0.2) is 68.5 Å². The van der Waals surface area contributed by atoms with E-state index in [0.29, 0.717) is 23.9 Å². The van der Waals surface area contributed by atoms with Gasteiger partial charge < -0.3 is 28.8 Å². The summed E-state index contributed by atoms with van der Waals surface area (Å²) in [4.78, 5) is 25.5. The molecule has 0 spiro atoms. The molecule has 3 unspecified atom stereocenters. The summed E-state index contributed by atoms with van der Waals surface area (Å²) in [6.07, 6.45) is 57.1. The van der Waals surface area contributed by atoms with E-state index in [2.05, 4.69) is 19.2 Å². The molecule has 390 valence electrons. The molecule has 1 amide bonds. The van der Waals surface area contributed by atoms with Crippen molar-refractivity contribution in [3.05, 3.63) is 0 Å². The van der Waals surface area contributed by atoms with Crippen molar-refractivity contribution in [2.45, 2.75) is 315 Å². The second-order valence-electron chi connectivity index (χ2n) is 21.4. The van der Waals surface area contributed by atoms with Gasteiger partial charge in [-0.15, -0.1) is 0 Å². The molecule has 0 fully saturated rings. The van der Waals surface area contributed by atoms with Crippen LogP contribution in [0.1, 0.15) is 303 Å². The quantitative estimate of drug-likeness (QED) is 0.0357. The van der Waals surface area contributed by atoms with Crippen LogP contribution in [0, 0.1) is 0 Å². The van der Waals surface area contributed by atoms with Gasteiger partial charge in [0, 0.05) is 6.42 Å². The third-order valence-electron chi connectivity index (χ3n) is 13.6. The zero-order chi connectivity index (χ0) is 47.8. The van der Waals surface area contributed by atoms with Gasteiger partial charge in [0.1, 0.15) is 13.2 Å². The summed E-state index contributed by atoms with van der Waals surface area (Å²) in [5.74, 6) is -0.157. The average Bonchev–Trinajstić information content (AvgIpc) is 3.26. The van der Waals surface area contributed by atoms with E-state index in [1.54, 1.807) is 0 Å². The van der Waals surface area contributed by atoms with Crippen LogP contribution in [0.4, 0.5) is 0 Å². The lowest BCUT2D eigenvalue weighted by atomic mass is 10.0. The third kappa shape index (κ3) is 51.2. The lowest BCUT2D eigenvalue weighted by molar-refractivity contribution is -0.870. The van der Waals surface area contributed by atoms with Gasteiger partial charge in [-0.05, 0) is 12.8 Å². The van der Waals surface area contributed by atoms with E-state index in [0.717, 1.165) is 38.5 Å². The first-order valence-electron chi connectivity index (χ1n) is 28.9. The predicted octanol–water partition coefficient (Wildman–Crippen LogP) is 16.6. The Kier molecular flexibility index (Phi) is 48.1. The van der Waals surface area contributed by atoms with Gasteiger partial charge in [-0.3, -0.25) is 9.36 Å². The third-order valence-corrected chi connectivity index (χ3v) is 14.6. The molecule has 0 bridgehead atoms. The second kappa shape index (κ2) is 48.5. The highest BCUT2D eigenvalue weighted by Crippen LogP contribution is 2.38. The molecule has 0 saturated heterocycles. The number of nitrogens with zero attached hydrogens (tertiary/aromatic N) is 1. The minimum atomic E-state index is -4.57. The zero-order valence-electron chi connectivity index (χ0n) is 44.5. The van der Waals surface area contributed by atoms with Crippen LogP contribution in [0.2, 0.25) is 0 Å². The van der Waals surface area contributed by atoms with Crippen molar-refractivity contribution < 1.29 is 32.9 Å². The largest absolute Gasteiger partial charge is 0.756 e. The Hall–Kier alpha value is -0.500. The molecule has 0 aromatic rings. The Balaban J connectivity index is 4.08. The minimum Gasteiger partial charge on any atom is -0.756 e. The van der Waals surface area contributed by atoms with Gasteiger partial charge in [0.05, 0.1) is 39.9 Å². The number of aliphatic hydroxyl groups excluding tert-OH is 1. The van der Waals surface area contributed by atoms with Crippen LogP contribution >= 0.6 is 7.82 Å². The molecule has 3 atom stereocenters. The number of nitrogens with one attached hydrogen (secondary N) is 1. The number of aliphatic hydroxyl groups is 1. The Morgan fingerprint density at radius 1 is 0.477 bits per heavy atom. The summed E-state index contributed by atoms with van der Waals surface area (Å²) < 4.78 is 23.4. The number of phosphoric acid groups is 1. The summed E-state index contributed by atoms with van der Waals surface area (Å²) in [5, 5.41) is 14.0. The SMILES string of the molecule is CCCCCCCCCCCCCCCCCCCCCCCCCCCCCC(O)C(COP(=O)([O-])OCC[N+](C)(C)C)NC(=O)CCCCCCCCCCCCCCCCCC. The van der Waals surface area contributed by atoms with Crippen LogP contribution in [0.3, 0.4) is 0 Å². The normalized spacial score (nSPS) is 13.9. The highest BCUT2D eigenvalue weighted by atomic mass is 31.2. The van der Waals surface area contributed by atoms with E-state index in [1.165, 1.54) is 238 Å². The van der Waals surface area contributed by atoms with Gasteiger partial charge in [-0.25, -0.2) is 0 Å². The summed E-state index contributed by atoms with van der Waals surface area (Å²) in [6, 6.07) is -0.795. The fourth-order valence-electron chi connectivity index (χ4n) is 9.04. The van der Waals surface area contributed by atoms with Gasteiger partial charge >= 0.3 is 0 Å². The zero-order valence-corrected chi connectivity index (χ0v) is 45.4. The van der Waals surface area contributed by atoms with Crippen LogP contribution in [0.15, 0.2) is 0 Å². The van der Waals surface area contributed by atoms with Crippen molar-refractivity contribution in [3.8, 4) is 0 Å². The number of hydrogen-bond acceptors (Lipinski definition) is 6. The maximum atomic E-state index is 13.0. The Labute approximate surface area is 406 Å². The van der Waals surface area contributed by atoms with Gasteiger partial charge in [0.2, 0.25) is 5.91 Å². The monoisotopic (exact) mass is 943 g/mol. The van der Waals surface area contributed by atoms with Gasteiger partial charge in [0.25, 0.3) is 7.82 Å². The predicted molar refractivity (Wildman–Crippen MR) is 279 cm³/mol. The van der Waals surface area contributed by atoms with E-state index < -0.39 is 20.0 Å². The van der Waals surface area contributed by atoms with E-state index in [4.69, 9.17) is 9.05 Å². The highest BCUT2D eigenvalue weighted by molar-refractivity contribution is 7.45. The molecule has 2 N–H and O–H groups in total. The summed E-state index contributed by atoms with van der Waals surface area (Å²) in [7, 11) is 1.32. The Morgan fingerprint density at radius 3 is 1.05 bits per heavy atom. The summed E-state index contributed by atoms with van der Waals surface area (Å²) in [5.41, 5.74) is 0. The number of carbonyl (C=O) groups excluding carboxylic acids is 1. The van der Waals surface area contributed by atoms with E-state index in [9.17, 15) is 19.4 Å². The highest BCUT2D eigenvalue weighted by Gasteiger charge is 2.24. The van der Waals surface area contributed by atoms with Crippen LogP contribution in [0.5, 0.6) is 0 Å². The van der Waals surface area contributed by atoms with Crippen molar-refractivity contribution in [2.24, 2.45) is 0 Å². The molecule has 9 heteroatoms. The van der Waals surface area contributed by atoms with Crippen molar-refractivity contribution in [1.29, 1.82) is 0 Å². The molecule has 0 aromatic carbocycles. The molecule has 0 saturated carbocycles. The Bertz CT molecular complexity index is 1030. The standard InChI is InChI=1S/C56H115N2O6P/c1-6-8-10-12-14-16-18-20-22-24-25-26-27-28-29-30-31-32-33-34-35-37-39-41-43-45-47-49-55(59)54(53-64-65(61,62)63-52-51-58(3,4)5)57-56(60)50-48-46-44-42-40-38-36-23-21-19-17-15-13-11-9-7-2/h54-55,59H,6-53H2,1-5H3,(H-,57,60,61,62). The maximum absolute atomic E-state index is 13.0. The number of hydrogen-bond donors (Lipinski definition) is 2. The first-order valence-corrected chi connectivity index (χ1v) is 30.3. The number of rotatable bonds is 54. The number of quaternary nitrogens is 1. The summed E-state index contributed by atoms with van der Waals surface area (Å²) >= 11 is 0. The molecule has 0 aliphatic heterocycles. The fraction of sp³-hybridized carbons (Fsp3) is 0.982. The van der Waals surface area contributed by atoms with Crippen LogP contribution in [0.25, 0.3) is 0 Å². The van der Waals surface area contributed by atoms with E-state index >= 15 is 0 Å². The van der Waals surface area contributed by atoms with Gasteiger partial charge in [-0.2, -0.15) is 0 Å². The topological polar surface area (TPSA) is 108 Å². The van der Waals surface area contributed by atoms with Crippen molar-refractivity contribution >= 4 is 13.7 Å². The number of likely N-dealkylation sites (N-methyl/N-ethyl adjacent to an activating group) is 1. The van der Waals surface area contributed by atoms with E-state index in [1.807, 2.05) is 21.1 Å². The average molecular weight is 944 g/mol. The molecule has 0 rings (SSSR count). The lowest BCUT2D eigenvalue weighted by Gasteiger charge is -2.30. The first kappa shape index (κ1) is 64.5. The van der Waals surface area contributed by atoms with Gasteiger partial charge in [0.15, 0.2) is 0 Å². The molecular weight excluding hydrogens is 828 g/mol. The Morgan fingerprint density at radius 2 is 0.754 bits per heavy atom. The minimum absolute atomic E-state index is 0.0166. The van der Waals surface area contributed by atoms with E-state index in [-0.39, 0.29) is 19.1 Å². The molecule has 0 aliphatic carbocycles. The van der Waals surface area contributed by atoms with Crippen LogP contribution < -0.4 is 10.2 Å². The first-order chi connectivity index (χ1) is 31.5. The van der Waals surface area contributed by atoms with Crippen molar-refractivity contribution in [2.75, 3.05) is 40.9 Å². The fourth-order valence-corrected chi connectivity index (χ4v) is 9.77. The second-order valence-corrected chi connectivity index (χ2v) is 22.8. The van der Waals surface area contributed by atoms with Crippen molar-refractivity contribution in [3.63, 3.8) is 0 Å². The molecule has 0 radical (unpaired) electrons. The smallest absolute Gasteiger partial charge is 0.268 e. The van der Waals surface area contributed by atoms with Gasteiger partial charge in [-0.1, -0.05) is 284 Å². The molecule has 0 aliphatic rings. The molecular formula is C56H115N2O6P.